The van der Waals surface area contributed by atoms with E-state index in [0.717, 1.165) is 5.75 Å². The highest BCUT2D eigenvalue weighted by molar-refractivity contribution is 6.03. The van der Waals surface area contributed by atoms with Crippen LogP contribution in [-0.4, -0.2) is 26.2 Å². The Morgan fingerprint density at radius 3 is 2.53 bits per heavy atom. The number of hydrogen-bond acceptors (Lipinski definition) is 4. The summed E-state index contributed by atoms with van der Waals surface area (Å²) >= 11 is 0. The first-order chi connectivity index (χ1) is 7.27. The second-order valence-corrected chi connectivity index (χ2v) is 2.83. The highest BCUT2D eigenvalue weighted by Crippen LogP contribution is 2.12. The highest BCUT2D eigenvalue weighted by atomic mass is 16.6. The lowest BCUT2D eigenvalue weighted by molar-refractivity contribution is 0.1000. The van der Waals surface area contributed by atoms with Crippen LogP contribution < -0.4 is 4.74 Å². The number of oxime groups is 1. The van der Waals surface area contributed by atoms with Crippen LogP contribution in [0.5, 0.6) is 5.75 Å². The van der Waals surface area contributed by atoms with Gasteiger partial charge in [-0.2, -0.15) is 0 Å². The molecule has 0 aliphatic heterocycles. The smallest absolute Gasteiger partial charge is 0.168 e. The van der Waals surface area contributed by atoms with Crippen molar-refractivity contribution < 1.29 is 14.4 Å². The molecule has 0 radical (unpaired) electrons. The molecule has 0 bridgehead atoms. The van der Waals surface area contributed by atoms with E-state index in [4.69, 9.17) is 4.74 Å². The zero-order valence-electron chi connectivity index (χ0n) is 8.77. The Morgan fingerprint density at radius 2 is 2.00 bits per heavy atom. The van der Waals surface area contributed by atoms with Crippen LogP contribution in [-0.2, 0) is 4.84 Å². The molecule has 0 amide bonds. The number of nitrogens with zero attached hydrogens (tertiary/aromatic N) is 1. The molecule has 0 saturated carbocycles. The maximum Gasteiger partial charge on any atom is 0.168 e. The van der Waals surface area contributed by atoms with Gasteiger partial charge in [0.2, 0.25) is 0 Å². The molecular weight excluding hydrogens is 194 g/mol. The third kappa shape index (κ3) is 3.42. The predicted octanol–water partition coefficient (Wildman–Crippen LogP) is 1.90. The minimum Gasteiger partial charge on any atom is -0.497 e. The van der Waals surface area contributed by atoms with Crippen LogP contribution in [0.1, 0.15) is 16.8 Å². The Balaban J connectivity index is 2.62. The molecule has 4 heteroatoms. The molecule has 0 aliphatic carbocycles. The normalized spacial score (nSPS) is 10.3. The monoisotopic (exact) mass is 207 g/mol. The van der Waals surface area contributed by atoms with Gasteiger partial charge in [-0.1, -0.05) is 5.16 Å². The summed E-state index contributed by atoms with van der Waals surface area (Å²) in [7, 11) is 3.02. The van der Waals surface area contributed by atoms with E-state index in [1.165, 1.54) is 13.3 Å². The van der Waals surface area contributed by atoms with Gasteiger partial charge < -0.3 is 9.57 Å². The lowest BCUT2D eigenvalue weighted by atomic mass is 10.1. The Hall–Kier alpha value is -1.84. The first-order valence-corrected chi connectivity index (χ1v) is 4.50. The molecule has 15 heavy (non-hydrogen) atoms. The average Bonchev–Trinajstić information content (AvgIpc) is 2.29. The van der Waals surface area contributed by atoms with Gasteiger partial charge in [-0.15, -0.1) is 0 Å². The minimum atomic E-state index is -0.00143. The van der Waals surface area contributed by atoms with Crippen molar-refractivity contribution in [3.8, 4) is 5.75 Å². The highest BCUT2D eigenvalue weighted by Gasteiger charge is 2.03. The molecular formula is C11H13NO3. The lowest BCUT2D eigenvalue weighted by Gasteiger charge is -2.00. The summed E-state index contributed by atoms with van der Waals surface area (Å²) < 4.78 is 4.99. The Labute approximate surface area is 88.5 Å². The molecule has 1 rings (SSSR count). The number of methoxy groups -OCH3 is 1. The van der Waals surface area contributed by atoms with E-state index in [9.17, 15) is 4.79 Å². The molecule has 80 valence electrons. The number of carbonyl (C=O) groups excluding carboxylic acids is 1. The molecule has 0 atom stereocenters. The molecule has 4 nitrogen and oxygen atoms in total. The molecule has 0 aromatic heterocycles. The zero-order chi connectivity index (χ0) is 11.1. The topological polar surface area (TPSA) is 47.9 Å². The second kappa shape index (κ2) is 5.80. The van der Waals surface area contributed by atoms with E-state index >= 15 is 0 Å². The van der Waals surface area contributed by atoms with E-state index in [0.29, 0.717) is 5.56 Å². The number of ether oxygens (including phenoxy) is 1. The summed E-state index contributed by atoms with van der Waals surface area (Å²) in [4.78, 5) is 16.0. The van der Waals surface area contributed by atoms with Crippen molar-refractivity contribution in [1.82, 2.24) is 0 Å². The van der Waals surface area contributed by atoms with Gasteiger partial charge in [0.15, 0.2) is 5.78 Å². The Morgan fingerprint density at radius 1 is 1.33 bits per heavy atom. The van der Waals surface area contributed by atoms with Crippen molar-refractivity contribution in [2.75, 3.05) is 14.2 Å². The molecule has 1 aromatic carbocycles. The summed E-state index contributed by atoms with van der Waals surface area (Å²) in [6, 6.07) is 6.95. The third-order valence-electron chi connectivity index (χ3n) is 1.87. The van der Waals surface area contributed by atoms with Crippen LogP contribution in [0.2, 0.25) is 0 Å². The molecule has 0 unspecified atom stereocenters. The number of hydrogen-bond donors (Lipinski definition) is 0. The standard InChI is InChI=1S/C11H13NO3/c1-14-10-5-3-9(4-6-10)11(13)7-8-12-15-2/h3-6,8H,7H2,1-2H3/b12-8-. The summed E-state index contributed by atoms with van der Waals surface area (Å²) in [5, 5.41) is 3.50. The van der Waals surface area contributed by atoms with E-state index in [1.54, 1.807) is 31.4 Å². The van der Waals surface area contributed by atoms with Gasteiger partial charge >= 0.3 is 0 Å². The molecule has 1 aromatic rings. The molecule has 0 heterocycles. The summed E-state index contributed by atoms with van der Waals surface area (Å²) in [5.74, 6) is 0.732. The van der Waals surface area contributed by atoms with E-state index in [1.807, 2.05) is 0 Å². The number of Topliss-reactive ketones (excluding diaryl/α,β-unsaturated/α-hetero) is 1. The van der Waals surface area contributed by atoms with Crippen molar-refractivity contribution in [3.05, 3.63) is 29.8 Å². The van der Waals surface area contributed by atoms with E-state index in [-0.39, 0.29) is 12.2 Å². The zero-order valence-corrected chi connectivity index (χ0v) is 8.77. The van der Waals surface area contributed by atoms with Crippen molar-refractivity contribution in [2.24, 2.45) is 5.16 Å². The first kappa shape index (κ1) is 11.2. The fourth-order valence-corrected chi connectivity index (χ4v) is 1.09. The van der Waals surface area contributed by atoms with Gasteiger partial charge in [-0.25, -0.2) is 0 Å². The molecule has 0 N–H and O–H groups in total. The van der Waals surface area contributed by atoms with Crippen molar-refractivity contribution in [2.45, 2.75) is 6.42 Å². The quantitative estimate of drug-likeness (QED) is 0.421. The molecule has 0 aliphatic rings. The maximum atomic E-state index is 11.5. The minimum absolute atomic E-state index is 0.00143. The van der Waals surface area contributed by atoms with Gasteiger partial charge in [0.25, 0.3) is 0 Å². The van der Waals surface area contributed by atoms with Crippen molar-refractivity contribution in [1.29, 1.82) is 0 Å². The van der Waals surface area contributed by atoms with Crippen LogP contribution in [0, 0.1) is 0 Å². The third-order valence-corrected chi connectivity index (χ3v) is 1.87. The van der Waals surface area contributed by atoms with Gasteiger partial charge in [0.1, 0.15) is 12.9 Å². The predicted molar refractivity (Wildman–Crippen MR) is 57.4 cm³/mol. The SMILES string of the molecule is CO/N=C\CC(=O)c1ccc(OC)cc1. The van der Waals surface area contributed by atoms with Crippen LogP contribution in [0.4, 0.5) is 0 Å². The van der Waals surface area contributed by atoms with E-state index in [2.05, 4.69) is 9.99 Å². The van der Waals surface area contributed by atoms with Crippen LogP contribution in [0.15, 0.2) is 29.4 Å². The van der Waals surface area contributed by atoms with Crippen molar-refractivity contribution >= 4 is 12.0 Å². The van der Waals surface area contributed by atoms with Gasteiger partial charge in [0, 0.05) is 12.0 Å². The number of ketones is 1. The summed E-state index contributed by atoms with van der Waals surface area (Å²) in [6.07, 6.45) is 1.67. The van der Waals surface area contributed by atoms with Crippen molar-refractivity contribution in [3.63, 3.8) is 0 Å². The Bertz CT molecular complexity index is 343. The van der Waals surface area contributed by atoms with Crippen LogP contribution in [0.25, 0.3) is 0 Å². The first-order valence-electron chi connectivity index (χ1n) is 4.50. The lowest BCUT2D eigenvalue weighted by Crippen LogP contribution is -1.99. The van der Waals surface area contributed by atoms with Gasteiger partial charge in [-0.3, -0.25) is 4.79 Å². The van der Waals surface area contributed by atoms with Crippen LogP contribution in [0.3, 0.4) is 0 Å². The molecule has 0 spiro atoms. The maximum absolute atomic E-state index is 11.5. The molecule has 0 saturated heterocycles. The van der Waals surface area contributed by atoms with Gasteiger partial charge in [0.05, 0.1) is 13.3 Å². The number of rotatable bonds is 5. The van der Waals surface area contributed by atoms with E-state index < -0.39 is 0 Å². The molecule has 0 fully saturated rings. The number of benzene rings is 1. The average molecular weight is 207 g/mol. The fraction of sp³-hybridized carbons (Fsp3) is 0.273. The Kier molecular flexibility index (Phi) is 4.34. The number of carbonyl (C=O) groups is 1. The fourth-order valence-electron chi connectivity index (χ4n) is 1.09. The van der Waals surface area contributed by atoms with Crippen LogP contribution >= 0.6 is 0 Å². The summed E-state index contributed by atoms with van der Waals surface area (Å²) in [6.45, 7) is 0. The van der Waals surface area contributed by atoms with Gasteiger partial charge in [-0.05, 0) is 24.3 Å². The largest absolute Gasteiger partial charge is 0.497 e. The summed E-state index contributed by atoms with van der Waals surface area (Å²) in [5.41, 5.74) is 0.637. The second-order valence-electron chi connectivity index (χ2n) is 2.83.